The van der Waals surface area contributed by atoms with Gasteiger partial charge in [0.05, 0.1) is 11.4 Å². The number of aromatic nitrogens is 6. The van der Waals surface area contributed by atoms with E-state index in [0.717, 1.165) is 52.3 Å². The molecular weight excluding hydrogens is 528 g/mol. The molecule has 2 aromatic heterocycles. The molecule has 2 aliphatic rings. The summed E-state index contributed by atoms with van der Waals surface area (Å²) in [5.41, 5.74) is 5.57. The first-order valence-electron chi connectivity index (χ1n) is 12.7. The van der Waals surface area contributed by atoms with Gasteiger partial charge in [0, 0.05) is 31.5 Å². The number of tetrazole rings is 1. The van der Waals surface area contributed by atoms with Crippen molar-refractivity contribution in [2.24, 2.45) is 0 Å². The second-order valence-corrected chi connectivity index (χ2v) is 9.66. The fourth-order valence-corrected chi connectivity index (χ4v) is 5.56. The zero-order chi connectivity index (χ0) is 26.4. The van der Waals surface area contributed by atoms with Crippen LogP contribution in [0.3, 0.4) is 0 Å². The van der Waals surface area contributed by atoms with Gasteiger partial charge < -0.3 is 14.6 Å². The molecule has 12 heteroatoms. The van der Waals surface area contributed by atoms with Gasteiger partial charge >= 0.3 is 59.1 Å². The maximum absolute atomic E-state index is 12.9. The summed E-state index contributed by atoms with van der Waals surface area (Å²) < 4.78 is 2.12. The third kappa shape index (κ3) is 5.24. The second kappa shape index (κ2) is 12.5. The number of amides is 1. The Morgan fingerprint density at radius 3 is 2.48 bits per heavy atom. The van der Waals surface area contributed by atoms with Gasteiger partial charge in [-0.2, -0.15) is 0 Å². The van der Waals surface area contributed by atoms with E-state index in [-0.39, 0.29) is 70.4 Å². The number of nitrogens with zero attached hydrogens (tertiary/aromatic N) is 6. The molecule has 0 radical (unpaired) electrons. The Balaban J connectivity index is 0.00000185. The van der Waals surface area contributed by atoms with E-state index < -0.39 is 17.7 Å². The zero-order valence-electron chi connectivity index (χ0n) is 21.2. The van der Waals surface area contributed by atoms with Crippen LogP contribution in [0.15, 0.2) is 59.9 Å². The second-order valence-electron chi connectivity index (χ2n) is 9.66. The van der Waals surface area contributed by atoms with Crippen molar-refractivity contribution in [1.82, 2.24) is 35.1 Å². The summed E-state index contributed by atoms with van der Waals surface area (Å²) in [7, 11) is 0. The van der Waals surface area contributed by atoms with Crippen molar-refractivity contribution in [3.63, 3.8) is 0 Å². The molecule has 1 unspecified atom stereocenters. The minimum absolute atomic E-state index is 0. The molecule has 0 saturated carbocycles. The van der Waals surface area contributed by atoms with Crippen molar-refractivity contribution < 1.29 is 14.7 Å². The van der Waals surface area contributed by atoms with Crippen molar-refractivity contribution >= 4 is 70.8 Å². The van der Waals surface area contributed by atoms with Crippen molar-refractivity contribution in [3.05, 3.63) is 82.6 Å². The van der Waals surface area contributed by atoms with Crippen LogP contribution in [0.5, 0.6) is 0 Å². The first-order valence-corrected chi connectivity index (χ1v) is 12.7. The molecule has 2 aliphatic heterocycles. The van der Waals surface area contributed by atoms with Gasteiger partial charge in [0.1, 0.15) is 23.2 Å². The normalized spacial score (nSPS) is 15.8. The number of rotatable bonds is 7. The predicted octanol–water partition coefficient (Wildman–Crippen LogP) is 2.27. The number of aryl methyl sites for hydroxylation is 1. The van der Waals surface area contributed by atoms with E-state index in [0.29, 0.717) is 25.3 Å². The summed E-state index contributed by atoms with van der Waals surface area (Å²) in [4.78, 5) is 31.6. The zero-order valence-corrected chi connectivity index (χ0v) is 21.2. The average Bonchev–Trinajstić information content (AvgIpc) is 3.63. The number of nitrogens with one attached hydrogen (secondary N) is 1. The Kier molecular flexibility index (Phi) is 9.49. The number of carbonyl (C=O) groups excluding carboxylic acids is 2. The van der Waals surface area contributed by atoms with Crippen LogP contribution < -0.4 is 0 Å². The van der Waals surface area contributed by atoms with E-state index in [1.807, 2.05) is 24.3 Å². The molecule has 1 atom stereocenters. The first-order chi connectivity index (χ1) is 18.5. The Morgan fingerprint density at radius 1 is 1.10 bits per heavy atom. The van der Waals surface area contributed by atoms with Crippen molar-refractivity contribution in [3.8, 4) is 22.5 Å². The molecule has 2 aromatic carbocycles. The number of ketones is 1. The standard InChI is InChI=1S/C28H27N7O3.2Na.2H/c1-3-6-22-29-21-13-14-34-25(26(37)23(16(2)36)28(34)38)24(21)35(22)15-17-9-11-18(12-10-17)19-7-4-5-8-20(19)27-30-32-33-31-27;;;;/h4-5,7-12,25,37H,3,6,13-15H2,1-2H3,(H,30,31,32,33);;;;. The number of aliphatic hydroxyl groups excluding tert-OH is 1. The molecule has 4 heterocycles. The van der Waals surface area contributed by atoms with Crippen LogP contribution in [-0.4, -0.2) is 118 Å². The molecule has 4 aromatic rings. The maximum atomic E-state index is 12.9. The number of fused-ring (bicyclic) bond motifs is 3. The van der Waals surface area contributed by atoms with E-state index in [9.17, 15) is 14.7 Å². The molecular formula is C28H29N7Na2O3. The van der Waals surface area contributed by atoms with Gasteiger partial charge in [-0.25, -0.2) is 10.1 Å². The van der Waals surface area contributed by atoms with Gasteiger partial charge in [0.25, 0.3) is 5.91 Å². The average molecular weight is 558 g/mol. The van der Waals surface area contributed by atoms with Gasteiger partial charge in [0.15, 0.2) is 11.6 Å². The minimum atomic E-state index is -0.676. The number of H-pyrrole nitrogens is 1. The third-order valence-corrected chi connectivity index (χ3v) is 7.27. The van der Waals surface area contributed by atoms with Crippen molar-refractivity contribution in [2.45, 2.75) is 45.7 Å². The number of Topliss-reactive ketones (excluding diaryl/α,β-unsaturated/α-hetero) is 1. The molecule has 0 aliphatic carbocycles. The Hall–Kier alpha value is -2.60. The number of imidazole rings is 1. The molecule has 6 rings (SSSR count). The molecule has 0 spiro atoms. The summed E-state index contributed by atoms with van der Waals surface area (Å²) in [5, 5.41) is 25.3. The summed E-state index contributed by atoms with van der Waals surface area (Å²) in [6, 6.07) is 15.5. The molecule has 0 bridgehead atoms. The van der Waals surface area contributed by atoms with Gasteiger partial charge in [-0.15, -0.1) is 5.10 Å². The fraction of sp³-hybridized carbons (Fsp3) is 0.286. The van der Waals surface area contributed by atoms with Crippen molar-refractivity contribution in [1.29, 1.82) is 0 Å². The number of hydrogen-bond donors (Lipinski definition) is 2. The summed E-state index contributed by atoms with van der Waals surface area (Å²) in [6.45, 7) is 4.38. The molecule has 2 N–H and O–H groups in total. The van der Waals surface area contributed by atoms with Crippen LogP contribution in [-0.2, 0) is 29.0 Å². The van der Waals surface area contributed by atoms with Gasteiger partial charge in [-0.1, -0.05) is 55.5 Å². The SMILES string of the molecule is CCCc1nc2c(n1Cc1ccc(-c3ccccc3-c3nnn[nH]3)cc1)C1C(O)=C(C(C)=O)C(=O)N1CC2.[NaH].[NaH]. The quantitative estimate of drug-likeness (QED) is 0.263. The molecule has 196 valence electrons. The fourth-order valence-electron chi connectivity index (χ4n) is 5.56. The van der Waals surface area contributed by atoms with Crippen LogP contribution in [0.4, 0.5) is 0 Å². The predicted molar refractivity (Wildman–Crippen MR) is 153 cm³/mol. The van der Waals surface area contributed by atoms with E-state index in [2.05, 4.69) is 56.4 Å². The monoisotopic (exact) mass is 557 g/mol. The first kappa shape index (κ1) is 30.4. The number of benzene rings is 2. The number of aromatic amines is 1. The Bertz CT molecular complexity index is 1580. The molecule has 1 amide bonds. The van der Waals surface area contributed by atoms with Crippen LogP contribution >= 0.6 is 0 Å². The molecule has 40 heavy (non-hydrogen) atoms. The van der Waals surface area contributed by atoms with Crippen LogP contribution in [0.1, 0.15) is 49.1 Å². The van der Waals surface area contributed by atoms with Crippen molar-refractivity contribution in [2.75, 3.05) is 6.54 Å². The van der Waals surface area contributed by atoms with E-state index in [1.54, 1.807) is 4.90 Å². The number of aliphatic hydroxyl groups is 1. The molecule has 0 fully saturated rings. The Morgan fingerprint density at radius 2 is 1.82 bits per heavy atom. The van der Waals surface area contributed by atoms with Gasteiger partial charge in [0.2, 0.25) is 0 Å². The van der Waals surface area contributed by atoms with E-state index >= 15 is 0 Å². The summed E-state index contributed by atoms with van der Waals surface area (Å²) >= 11 is 0. The van der Waals surface area contributed by atoms with Gasteiger partial charge in [-0.05, 0) is 40.5 Å². The van der Waals surface area contributed by atoms with Crippen LogP contribution in [0.2, 0.25) is 0 Å². The summed E-state index contributed by atoms with van der Waals surface area (Å²) in [5.74, 6) is 0.540. The van der Waals surface area contributed by atoms with E-state index in [1.165, 1.54) is 6.92 Å². The molecule has 10 nitrogen and oxygen atoms in total. The topological polar surface area (TPSA) is 130 Å². The van der Waals surface area contributed by atoms with Crippen LogP contribution in [0, 0.1) is 0 Å². The molecule has 0 saturated heterocycles. The van der Waals surface area contributed by atoms with Crippen LogP contribution in [0.25, 0.3) is 22.5 Å². The third-order valence-electron chi connectivity index (χ3n) is 7.27. The Labute approximate surface area is 275 Å². The number of hydrogen-bond acceptors (Lipinski definition) is 7. The van der Waals surface area contributed by atoms with E-state index in [4.69, 9.17) is 4.98 Å². The summed E-state index contributed by atoms with van der Waals surface area (Å²) in [6.07, 6.45) is 2.27. The van der Waals surface area contributed by atoms with Gasteiger partial charge in [-0.3, -0.25) is 9.59 Å². The number of carbonyl (C=O) groups is 2.